The van der Waals surface area contributed by atoms with Gasteiger partial charge in [-0.2, -0.15) is 13.9 Å². The van der Waals surface area contributed by atoms with E-state index < -0.39 is 29.8 Å². The van der Waals surface area contributed by atoms with Crippen LogP contribution in [0.2, 0.25) is 0 Å². The van der Waals surface area contributed by atoms with E-state index in [9.17, 15) is 22.4 Å². The number of halogens is 4. The summed E-state index contributed by atoms with van der Waals surface area (Å²) in [5.74, 6) is -5.36. The van der Waals surface area contributed by atoms with Crippen molar-refractivity contribution in [2.24, 2.45) is 0 Å². The number of benzene rings is 3. The second kappa shape index (κ2) is 8.41. The van der Waals surface area contributed by atoms with E-state index in [-0.39, 0.29) is 12.4 Å². The first kappa shape index (κ1) is 22.9. The Labute approximate surface area is 198 Å². The van der Waals surface area contributed by atoms with Gasteiger partial charge in [0.05, 0.1) is 23.4 Å². The molecular weight excluding hydrogens is 462 g/mol. The van der Waals surface area contributed by atoms with Crippen LogP contribution in [-0.4, -0.2) is 32.6 Å². The maximum atomic E-state index is 13.9. The molecular formula is C26H21F4N3O2. The summed E-state index contributed by atoms with van der Waals surface area (Å²) in [5.41, 5.74) is 2.48. The van der Waals surface area contributed by atoms with E-state index in [2.05, 4.69) is 5.10 Å². The summed E-state index contributed by atoms with van der Waals surface area (Å²) in [5, 5.41) is 5.11. The first-order chi connectivity index (χ1) is 16.6. The Balaban J connectivity index is 1.49. The number of aromatic nitrogens is 2. The van der Waals surface area contributed by atoms with Gasteiger partial charge in [0.1, 0.15) is 23.5 Å². The summed E-state index contributed by atoms with van der Waals surface area (Å²) >= 11 is 0. The quantitative estimate of drug-likeness (QED) is 0.344. The predicted molar refractivity (Wildman–Crippen MR) is 121 cm³/mol. The van der Waals surface area contributed by atoms with Gasteiger partial charge in [0.25, 0.3) is 5.91 Å². The molecule has 0 radical (unpaired) electrons. The van der Waals surface area contributed by atoms with Gasteiger partial charge in [-0.3, -0.25) is 4.79 Å². The smallest absolute Gasteiger partial charge is 0.322 e. The maximum absolute atomic E-state index is 13.9. The van der Waals surface area contributed by atoms with E-state index in [0.717, 1.165) is 15.8 Å². The molecule has 0 spiro atoms. The van der Waals surface area contributed by atoms with Crippen molar-refractivity contribution in [2.45, 2.75) is 38.5 Å². The standard InChI is InChI=1S/C26H21F4N3O2/c1-15-24(22-9-5-19(28)11-17(22)14-32(15)25(34)26(2,29)30)35-21-8-10-23-16(12-21)13-31-33(23)20-6-3-18(27)4-7-20/h3-13,15,24H,14H2,1-2H3/t15-,24-/m0/s1. The zero-order valence-electron chi connectivity index (χ0n) is 18.9. The van der Waals surface area contributed by atoms with Crippen molar-refractivity contribution in [1.82, 2.24) is 14.7 Å². The molecule has 2 heterocycles. The average Bonchev–Trinajstić information content (AvgIpc) is 3.23. The van der Waals surface area contributed by atoms with Crippen LogP contribution >= 0.6 is 0 Å². The molecule has 0 aliphatic carbocycles. The van der Waals surface area contributed by atoms with Crippen LogP contribution in [0.1, 0.15) is 31.1 Å². The highest BCUT2D eigenvalue weighted by atomic mass is 19.3. The molecule has 2 atom stereocenters. The topological polar surface area (TPSA) is 47.4 Å². The molecule has 1 aromatic heterocycles. The largest absolute Gasteiger partial charge is 0.484 e. The van der Waals surface area contributed by atoms with Crippen molar-refractivity contribution in [1.29, 1.82) is 0 Å². The number of fused-ring (bicyclic) bond motifs is 2. The molecule has 35 heavy (non-hydrogen) atoms. The molecule has 1 amide bonds. The number of rotatable bonds is 4. The predicted octanol–water partition coefficient (Wildman–Crippen LogP) is 5.81. The van der Waals surface area contributed by atoms with Crippen molar-refractivity contribution in [3.05, 3.63) is 89.6 Å². The van der Waals surface area contributed by atoms with Gasteiger partial charge in [0.2, 0.25) is 0 Å². The summed E-state index contributed by atoms with van der Waals surface area (Å²) in [7, 11) is 0. The lowest BCUT2D eigenvalue weighted by Crippen LogP contribution is -2.51. The number of carbonyl (C=O) groups is 1. The second-order valence-electron chi connectivity index (χ2n) is 8.70. The maximum Gasteiger partial charge on any atom is 0.322 e. The molecule has 1 aliphatic heterocycles. The number of carbonyl (C=O) groups excluding carboxylic acids is 1. The van der Waals surface area contributed by atoms with Crippen molar-refractivity contribution in [2.75, 3.05) is 0 Å². The normalized spacial score (nSPS) is 17.9. The van der Waals surface area contributed by atoms with Gasteiger partial charge in [-0.1, -0.05) is 6.07 Å². The first-order valence-electron chi connectivity index (χ1n) is 11.0. The van der Waals surface area contributed by atoms with Crippen molar-refractivity contribution in [3.8, 4) is 11.4 Å². The zero-order chi connectivity index (χ0) is 24.9. The molecule has 0 unspecified atom stereocenters. The number of alkyl halides is 2. The SMILES string of the molecule is C[C@H]1[C@H](Oc2ccc3c(cnn3-c3ccc(F)cc3)c2)c2ccc(F)cc2CN1C(=O)C(C)(F)F. The van der Waals surface area contributed by atoms with Gasteiger partial charge in [-0.05, 0) is 72.6 Å². The van der Waals surface area contributed by atoms with Crippen LogP contribution in [0.3, 0.4) is 0 Å². The fraction of sp³-hybridized carbons (Fsp3) is 0.231. The second-order valence-corrected chi connectivity index (χ2v) is 8.70. The Kier molecular flexibility index (Phi) is 5.50. The molecule has 1 aliphatic rings. The summed E-state index contributed by atoms with van der Waals surface area (Å²) in [6, 6.07) is 14.5. The van der Waals surface area contributed by atoms with Crippen LogP contribution in [0.4, 0.5) is 17.6 Å². The molecule has 4 aromatic rings. The highest BCUT2D eigenvalue weighted by Crippen LogP contribution is 2.38. The summed E-state index contributed by atoms with van der Waals surface area (Å²) in [4.78, 5) is 13.5. The number of hydrogen-bond acceptors (Lipinski definition) is 3. The van der Waals surface area contributed by atoms with E-state index in [0.29, 0.717) is 29.5 Å². The fourth-order valence-electron chi connectivity index (χ4n) is 4.43. The third-order valence-corrected chi connectivity index (χ3v) is 6.19. The third-order valence-electron chi connectivity index (χ3n) is 6.19. The Hall–Kier alpha value is -3.88. The third kappa shape index (κ3) is 4.22. The molecule has 180 valence electrons. The molecule has 3 aromatic carbocycles. The monoisotopic (exact) mass is 483 g/mol. The van der Waals surface area contributed by atoms with Gasteiger partial charge in [0, 0.05) is 18.9 Å². The van der Waals surface area contributed by atoms with Crippen LogP contribution in [0, 0.1) is 11.6 Å². The molecule has 0 fully saturated rings. The van der Waals surface area contributed by atoms with Crippen LogP contribution < -0.4 is 4.74 Å². The number of nitrogens with zero attached hydrogens (tertiary/aromatic N) is 3. The van der Waals surface area contributed by atoms with Gasteiger partial charge >= 0.3 is 5.92 Å². The number of amides is 1. The van der Waals surface area contributed by atoms with E-state index in [1.54, 1.807) is 54.2 Å². The molecule has 5 rings (SSSR count). The molecule has 9 heteroatoms. The zero-order valence-corrected chi connectivity index (χ0v) is 18.9. The summed E-state index contributed by atoms with van der Waals surface area (Å²) < 4.78 is 62.9. The lowest BCUT2D eigenvalue weighted by molar-refractivity contribution is -0.161. The van der Waals surface area contributed by atoms with E-state index in [1.807, 2.05) is 0 Å². The van der Waals surface area contributed by atoms with Crippen molar-refractivity contribution >= 4 is 16.8 Å². The van der Waals surface area contributed by atoms with Gasteiger partial charge in [-0.25, -0.2) is 13.5 Å². The van der Waals surface area contributed by atoms with Crippen LogP contribution in [-0.2, 0) is 11.3 Å². The van der Waals surface area contributed by atoms with E-state index >= 15 is 0 Å². The molecule has 5 nitrogen and oxygen atoms in total. The van der Waals surface area contributed by atoms with Crippen LogP contribution in [0.15, 0.2) is 66.9 Å². The van der Waals surface area contributed by atoms with E-state index in [4.69, 9.17) is 4.74 Å². The van der Waals surface area contributed by atoms with Crippen LogP contribution in [0.5, 0.6) is 5.75 Å². The fourth-order valence-corrected chi connectivity index (χ4v) is 4.43. The minimum Gasteiger partial charge on any atom is -0.484 e. The molecule has 0 saturated carbocycles. The number of hydrogen-bond donors (Lipinski definition) is 0. The van der Waals surface area contributed by atoms with Gasteiger partial charge in [0.15, 0.2) is 0 Å². The summed E-state index contributed by atoms with van der Waals surface area (Å²) in [6.45, 7) is 2.04. The lowest BCUT2D eigenvalue weighted by atomic mass is 9.91. The molecule has 0 N–H and O–H groups in total. The minimum absolute atomic E-state index is 0.139. The highest BCUT2D eigenvalue weighted by molar-refractivity contribution is 5.84. The molecule has 0 saturated heterocycles. The Morgan fingerprint density at radius 2 is 1.74 bits per heavy atom. The van der Waals surface area contributed by atoms with Gasteiger partial charge in [-0.15, -0.1) is 0 Å². The average molecular weight is 483 g/mol. The van der Waals surface area contributed by atoms with E-state index in [1.165, 1.54) is 24.3 Å². The van der Waals surface area contributed by atoms with Crippen molar-refractivity contribution in [3.63, 3.8) is 0 Å². The minimum atomic E-state index is -3.57. The Morgan fingerprint density at radius 3 is 2.46 bits per heavy atom. The first-order valence-corrected chi connectivity index (χ1v) is 11.0. The van der Waals surface area contributed by atoms with Crippen molar-refractivity contribution < 1.29 is 27.1 Å². The van der Waals surface area contributed by atoms with Crippen LogP contribution in [0.25, 0.3) is 16.6 Å². The summed E-state index contributed by atoms with van der Waals surface area (Å²) in [6.07, 6.45) is 0.836. The Bertz CT molecular complexity index is 1410. The molecule has 0 bridgehead atoms. The van der Waals surface area contributed by atoms with Gasteiger partial charge < -0.3 is 9.64 Å². The number of ether oxygens (including phenoxy) is 1. The lowest BCUT2D eigenvalue weighted by Gasteiger charge is -2.41. The highest BCUT2D eigenvalue weighted by Gasteiger charge is 2.44. The Morgan fingerprint density at radius 1 is 1.03 bits per heavy atom.